The van der Waals surface area contributed by atoms with Crippen LogP contribution in [-0.4, -0.2) is 60.2 Å². The van der Waals surface area contributed by atoms with Crippen molar-refractivity contribution in [3.63, 3.8) is 0 Å². The minimum absolute atomic E-state index is 0.0321. The van der Waals surface area contributed by atoms with Crippen molar-refractivity contribution in [3.05, 3.63) is 29.8 Å². The third kappa shape index (κ3) is 4.28. The van der Waals surface area contributed by atoms with Gasteiger partial charge in [0.05, 0.1) is 25.0 Å². The van der Waals surface area contributed by atoms with Crippen molar-refractivity contribution >= 4 is 20.0 Å². The monoisotopic (exact) mass is 384 g/mol. The second-order valence-corrected chi connectivity index (χ2v) is 9.57. The Labute approximate surface area is 139 Å². The lowest BCUT2D eigenvalue weighted by Crippen LogP contribution is -2.43. The molecule has 1 saturated heterocycles. The second kappa shape index (κ2) is 7.00. The predicted molar refractivity (Wildman–Crippen MR) is 82.3 cm³/mol. The van der Waals surface area contributed by atoms with Crippen molar-refractivity contribution in [3.8, 4) is 0 Å². The average Bonchev–Trinajstić information content (AvgIpc) is 2.83. The first-order chi connectivity index (χ1) is 11.0. The Bertz CT molecular complexity index is 812. The molecule has 0 spiro atoms. The summed E-state index contributed by atoms with van der Waals surface area (Å²) in [4.78, 5) is -0.704. The molecule has 1 heterocycles. The highest BCUT2D eigenvalue weighted by Gasteiger charge is 2.36. The van der Waals surface area contributed by atoms with E-state index in [0.29, 0.717) is 6.07 Å². The molecular weight excluding hydrogens is 366 g/mol. The van der Waals surface area contributed by atoms with Gasteiger partial charge < -0.3 is 4.74 Å². The Hall–Kier alpha value is -1.14. The van der Waals surface area contributed by atoms with Crippen LogP contribution in [0.3, 0.4) is 0 Å². The normalized spacial score (nSPS) is 22.2. The molecule has 1 N–H and O–H groups in total. The molecule has 1 aromatic carbocycles. The fraction of sp³-hybridized carbons (Fsp3) is 0.538. The maximum absolute atomic E-state index is 13.7. The summed E-state index contributed by atoms with van der Waals surface area (Å²) in [5.74, 6) is -3.04. The van der Waals surface area contributed by atoms with Gasteiger partial charge in [0.15, 0.2) is 0 Å². The fourth-order valence-electron chi connectivity index (χ4n) is 2.27. The molecule has 7 nitrogen and oxygen atoms in total. The van der Waals surface area contributed by atoms with E-state index in [1.54, 1.807) is 0 Å². The maximum atomic E-state index is 13.7. The van der Waals surface area contributed by atoms with Crippen molar-refractivity contribution in [2.75, 3.05) is 33.1 Å². The van der Waals surface area contributed by atoms with Crippen LogP contribution < -0.4 is 4.72 Å². The van der Waals surface area contributed by atoms with Crippen LogP contribution in [0.2, 0.25) is 0 Å². The Morgan fingerprint density at radius 3 is 2.46 bits per heavy atom. The molecule has 2 rings (SSSR count). The molecule has 24 heavy (non-hydrogen) atoms. The van der Waals surface area contributed by atoms with Crippen molar-refractivity contribution in [1.82, 2.24) is 9.03 Å². The van der Waals surface area contributed by atoms with E-state index in [-0.39, 0.29) is 19.0 Å². The lowest BCUT2D eigenvalue weighted by molar-refractivity contribution is 0.185. The predicted octanol–water partition coefficient (Wildman–Crippen LogP) is 0.150. The molecule has 136 valence electrons. The zero-order valence-electron chi connectivity index (χ0n) is 13.1. The fourth-order valence-corrected chi connectivity index (χ4v) is 4.79. The number of sulfonamides is 2. The molecule has 1 aromatic rings. The van der Waals surface area contributed by atoms with Gasteiger partial charge in [0.1, 0.15) is 16.5 Å². The SMILES string of the molecule is CN(C)S(=O)(=O)C[C@@H]1COC[C@@H]1NS(=O)(=O)c1ccc(F)cc1F. The van der Waals surface area contributed by atoms with Crippen molar-refractivity contribution in [2.45, 2.75) is 10.9 Å². The summed E-state index contributed by atoms with van der Waals surface area (Å²) in [6.07, 6.45) is 0. The number of hydrogen-bond acceptors (Lipinski definition) is 5. The number of nitrogens with one attached hydrogen (secondary N) is 1. The molecule has 1 aliphatic rings. The number of rotatable bonds is 6. The Kier molecular flexibility index (Phi) is 5.60. The van der Waals surface area contributed by atoms with E-state index in [9.17, 15) is 25.6 Å². The Morgan fingerprint density at radius 2 is 1.88 bits per heavy atom. The number of hydrogen-bond donors (Lipinski definition) is 1. The van der Waals surface area contributed by atoms with Gasteiger partial charge in [-0.25, -0.2) is 34.6 Å². The van der Waals surface area contributed by atoms with Crippen LogP contribution >= 0.6 is 0 Å². The summed E-state index contributed by atoms with van der Waals surface area (Å²) in [6, 6.07) is 1.29. The molecule has 11 heteroatoms. The first-order valence-electron chi connectivity index (χ1n) is 6.98. The Morgan fingerprint density at radius 1 is 1.21 bits per heavy atom. The zero-order chi connectivity index (χ0) is 18.1. The number of ether oxygens (including phenoxy) is 1. The summed E-state index contributed by atoms with van der Waals surface area (Å²) in [7, 11) is -5.09. The number of nitrogens with zero attached hydrogens (tertiary/aromatic N) is 1. The Balaban J connectivity index is 2.19. The highest BCUT2D eigenvalue weighted by molar-refractivity contribution is 7.89. The van der Waals surface area contributed by atoms with Crippen molar-refractivity contribution < 1.29 is 30.4 Å². The lowest BCUT2D eigenvalue weighted by atomic mass is 10.1. The summed E-state index contributed by atoms with van der Waals surface area (Å²) >= 11 is 0. The third-order valence-corrected chi connectivity index (χ3v) is 7.15. The van der Waals surface area contributed by atoms with Gasteiger partial charge >= 0.3 is 0 Å². The molecule has 0 aliphatic carbocycles. The van der Waals surface area contributed by atoms with Crippen LogP contribution in [0.5, 0.6) is 0 Å². The minimum atomic E-state index is -4.28. The highest BCUT2D eigenvalue weighted by Crippen LogP contribution is 2.21. The van der Waals surface area contributed by atoms with E-state index < -0.39 is 48.5 Å². The van der Waals surface area contributed by atoms with E-state index in [4.69, 9.17) is 4.74 Å². The van der Waals surface area contributed by atoms with Gasteiger partial charge in [-0.15, -0.1) is 0 Å². The average molecular weight is 384 g/mol. The quantitative estimate of drug-likeness (QED) is 0.754. The highest BCUT2D eigenvalue weighted by atomic mass is 32.2. The van der Waals surface area contributed by atoms with Crippen LogP contribution in [0, 0.1) is 17.6 Å². The van der Waals surface area contributed by atoms with E-state index in [1.807, 2.05) is 0 Å². The van der Waals surface area contributed by atoms with Crippen molar-refractivity contribution in [1.29, 1.82) is 0 Å². The van der Waals surface area contributed by atoms with Crippen LogP contribution in [0.1, 0.15) is 0 Å². The van der Waals surface area contributed by atoms with Gasteiger partial charge in [-0.3, -0.25) is 0 Å². The second-order valence-electron chi connectivity index (χ2n) is 5.66. The first kappa shape index (κ1) is 19.2. The molecule has 1 aliphatic heterocycles. The summed E-state index contributed by atoms with van der Waals surface area (Å²) in [5.41, 5.74) is 0. The maximum Gasteiger partial charge on any atom is 0.243 e. The molecule has 0 radical (unpaired) electrons. The standard InChI is InChI=1S/C13H18F2N2O5S2/c1-17(2)23(18,19)8-9-6-22-7-12(9)16-24(20,21)13-4-3-10(14)5-11(13)15/h3-5,9,12,16H,6-8H2,1-2H3/t9-,12-/m0/s1. The molecule has 2 atom stereocenters. The lowest BCUT2D eigenvalue weighted by Gasteiger charge is -2.21. The molecule has 1 fully saturated rings. The topological polar surface area (TPSA) is 92.8 Å². The first-order valence-corrected chi connectivity index (χ1v) is 10.1. The zero-order valence-corrected chi connectivity index (χ0v) is 14.7. The van der Waals surface area contributed by atoms with Gasteiger partial charge in [0.2, 0.25) is 20.0 Å². The van der Waals surface area contributed by atoms with Crippen LogP contribution in [0.25, 0.3) is 0 Å². The van der Waals surface area contributed by atoms with Crippen LogP contribution in [0.4, 0.5) is 8.78 Å². The number of benzene rings is 1. The van der Waals surface area contributed by atoms with Crippen LogP contribution in [0.15, 0.2) is 23.1 Å². The van der Waals surface area contributed by atoms with E-state index >= 15 is 0 Å². The van der Waals surface area contributed by atoms with Crippen molar-refractivity contribution in [2.24, 2.45) is 5.92 Å². The largest absolute Gasteiger partial charge is 0.379 e. The summed E-state index contributed by atoms with van der Waals surface area (Å²) < 4.78 is 83.5. The van der Waals surface area contributed by atoms with E-state index in [0.717, 1.165) is 16.4 Å². The molecule has 0 saturated carbocycles. The molecule has 0 unspecified atom stereocenters. The van der Waals surface area contributed by atoms with Gasteiger partial charge in [0.25, 0.3) is 0 Å². The smallest absolute Gasteiger partial charge is 0.243 e. The van der Waals surface area contributed by atoms with Gasteiger partial charge in [-0.1, -0.05) is 0 Å². The molecule has 0 aromatic heterocycles. The summed E-state index contributed by atoms with van der Waals surface area (Å²) in [5, 5.41) is 0. The minimum Gasteiger partial charge on any atom is -0.379 e. The van der Waals surface area contributed by atoms with E-state index in [1.165, 1.54) is 14.1 Å². The summed E-state index contributed by atoms with van der Waals surface area (Å²) in [6.45, 7) is 0.0296. The van der Waals surface area contributed by atoms with E-state index in [2.05, 4.69) is 4.72 Å². The third-order valence-electron chi connectivity index (χ3n) is 3.67. The van der Waals surface area contributed by atoms with Gasteiger partial charge in [-0.2, -0.15) is 0 Å². The van der Waals surface area contributed by atoms with Gasteiger partial charge in [-0.05, 0) is 12.1 Å². The van der Waals surface area contributed by atoms with Crippen LogP contribution in [-0.2, 0) is 24.8 Å². The molecule has 0 amide bonds. The number of halogens is 2. The van der Waals surface area contributed by atoms with Gasteiger partial charge in [0, 0.05) is 26.1 Å². The molecule has 0 bridgehead atoms. The molecular formula is C13H18F2N2O5S2.